The van der Waals surface area contributed by atoms with Crippen molar-refractivity contribution < 1.29 is 8.78 Å². The van der Waals surface area contributed by atoms with E-state index in [0.29, 0.717) is 17.2 Å². The normalized spacial score (nSPS) is 19.4. The SMILES string of the molecule is CCCC[C@H]1CC[C@H](C#Cc2ccc(-c3cc(F)c(Cl)c(F)c3)nc2)CC1. The van der Waals surface area contributed by atoms with Gasteiger partial charge in [0.2, 0.25) is 0 Å². The third-order valence-electron chi connectivity index (χ3n) is 5.28. The first-order valence-electron chi connectivity index (χ1n) is 9.69. The molecule has 3 rings (SSSR count). The van der Waals surface area contributed by atoms with Crippen LogP contribution in [0.25, 0.3) is 11.3 Å². The molecule has 1 aliphatic carbocycles. The summed E-state index contributed by atoms with van der Waals surface area (Å²) in [7, 11) is 0. The van der Waals surface area contributed by atoms with Crippen LogP contribution in [0.4, 0.5) is 8.78 Å². The Morgan fingerprint density at radius 2 is 1.81 bits per heavy atom. The van der Waals surface area contributed by atoms with Crippen molar-refractivity contribution in [2.75, 3.05) is 0 Å². The van der Waals surface area contributed by atoms with Gasteiger partial charge in [0.25, 0.3) is 0 Å². The predicted octanol–water partition coefficient (Wildman–Crippen LogP) is 7.03. The number of rotatable bonds is 4. The zero-order chi connectivity index (χ0) is 19.2. The number of hydrogen-bond acceptors (Lipinski definition) is 1. The molecule has 27 heavy (non-hydrogen) atoms. The van der Waals surface area contributed by atoms with Crippen molar-refractivity contribution in [2.45, 2.75) is 51.9 Å². The van der Waals surface area contributed by atoms with Gasteiger partial charge in [0.05, 0.1) is 5.69 Å². The third-order valence-corrected chi connectivity index (χ3v) is 5.64. The zero-order valence-corrected chi connectivity index (χ0v) is 16.3. The van der Waals surface area contributed by atoms with Gasteiger partial charge in [-0.05, 0) is 55.9 Å². The summed E-state index contributed by atoms with van der Waals surface area (Å²) in [4.78, 5) is 4.29. The Morgan fingerprint density at radius 1 is 1.11 bits per heavy atom. The molecular formula is C23H24ClF2N. The lowest BCUT2D eigenvalue weighted by atomic mass is 9.80. The Hall–Kier alpha value is -1.92. The monoisotopic (exact) mass is 387 g/mol. The summed E-state index contributed by atoms with van der Waals surface area (Å²) in [5.41, 5.74) is 1.67. The standard InChI is InChI=1S/C23H24ClF2N/c1-2-3-4-16-5-7-17(8-6-16)9-10-18-11-12-22(27-15-18)19-13-20(25)23(24)21(26)14-19/h11-17H,2-8H2,1H3/t16-,17-. The average molecular weight is 388 g/mol. The Bertz CT molecular complexity index is 805. The second kappa shape index (κ2) is 9.33. The highest BCUT2D eigenvalue weighted by molar-refractivity contribution is 6.30. The zero-order valence-electron chi connectivity index (χ0n) is 15.6. The maximum absolute atomic E-state index is 13.6. The van der Waals surface area contributed by atoms with Crippen LogP contribution in [0.1, 0.15) is 57.4 Å². The number of pyridine rings is 1. The highest BCUT2D eigenvalue weighted by Gasteiger charge is 2.19. The molecule has 0 spiro atoms. The minimum Gasteiger partial charge on any atom is -0.255 e. The quantitative estimate of drug-likeness (QED) is 0.405. The largest absolute Gasteiger partial charge is 0.255 e. The molecule has 0 bridgehead atoms. The number of hydrogen-bond donors (Lipinski definition) is 0. The van der Waals surface area contributed by atoms with Gasteiger partial charge in [-0.25, -0.2) is 8.78 Å². The van der Waals surface area contributed by atoms with Gasteiger partial charge in [-0.3, -0.25) is 4.98 Å². The minimum atomic E-state index is -0.785. The molecule has 1 aliphatic rings. The first-order chi connectivity index (χ1) is 13.1. The van der Waals surface area contributed by atoms with Crippen molar-refractivity contribution in [3.8, 4) is 23.1 Å². The Balaban J connectivity index is 1.62. The average Bonchev–Trinajstić information content (AvgIpc) is 2.69. The van der Waals surface area contributed by atoms with Crippen LogP contribution in [-0.4, -0.2) is 4.98 Å². The van der Waals surface area contributed by atoms with Crippen LogP contribution in [0.3, 0.4) is 0 Å². The van der Waals surface area contributed by atoms with Gasteiger partial charge < -0.3 is 0 Å². The molecule has 0 radical (unpaired) electrons. The van der Waals surface area contributed by atoms with Crippen molar-refractivity contribution in [2.24, 2.45) is 11.8 Å². The molecule has 1 heterocycles. The lowest BCUT2D eigenvalue weighted by Gasteiger charge is -2.25. The van der Waals surface area contributed by atoms with Crippen LogP contribution < -0.4 is 0 Å². The van der Waals surface area contributed by atoms with Crippen LogP contribution >= 0.6 is 11.6 Å². The molecule has 0 N–H and O–H groups in total. The molecule has 0 unspecified atom stereocenters. The molecule has 142 valence electrons. The maximum atomic E-state index is 13.6. The Kier molecular flexibility index (Phi) is 6.85. The molecule has 0 atom stereocenters. The maximum Gasteiger partial charge on any atom is 0.145 e. The molecule has 1 fully saturated rings. The molecule has 0 saturated heterocycles. The molecule has 0 aliphatic heterocycles. The third kappa shape index (κ3) is 5.30. The smallest absolute Gasteiger partial charge is 0.145 e. The van der Waals surface area contributed by atoms with Gasteiger partial charge in [0.1, 0.15) is 16.7 Å². The fraction of sp³-hybridized carbons (Fsp3) is 0.435. The van der Waals surface area contributed by atoms with E-state index in [1.807, 2.05) is 6.07 Å². The van der Waals surface area contributed by atoms with Gasteiger partial charge in [0.15, 0.2) is 0 Å². The molecule has 4 heteroatoms. The number of nitrogens with zero attached hydrogens (tertiary/aromatic N) is 1. The van der Waals surface area contributed by atoms with Crippen LogP contribution in [0.5, 0.6) is 0 Å². The summed E-state index contributed by atoms with van der Waals surface area (Å²) < 4.78 is 27.2. The second-order valence-corrected chi connectivity index (χ2v) is 7.69. The molecule has 1 saturated carbocycles. The number of unbranched alkanes of at least 4 members (excludes halogenated alkanes) is 1. The topological polar surface area (TPSA) is 12.9 Å². The molecule has 1 aromatic heterocycles. The molecule has 1 aromatic carbocycles. The highest BCUT2D eigenvalue weighted by atomic mass is 35.5. The first kappa shape index (κ1) is 19.8. The van der Waals surface area contributed by atoms with Gasteiger partial charge in [-0.15, -0.1) is 0 Å². The van der Waals surface area contributed by atoms with E-state index in [0.717, 1.165) is 11.5 Å². The lowest BCUT2D eigenvalue weighted by molar-refractivity contribution is 0.296. The van der Waals surface area contributed by atoms with E-state index in [1.54, 1.807) is 12.3 Å². The summed E-state index contributed by atoms with van der Waals surface area (Å²) in [6.45, 7) is 2.25. The van der Waals surface area contributed by atoms with Gasteiger partial charge in [-0.2, -0.15) is 0 Å². The number of benzene rings is 1. The lowest BCUT2D eigenvalue weighted by Crippen LogP contribution is -2.13. The Morgan fingerprint density at radius 3 is 2.41 bits per heavy atom. The Labute approximate surface area is 165 Å². The summed E-state index contributed by atoms with van der Waals surface area (Å²) in [5.74, 6) is 6.34. The fourth-order valence-electron chi connectivity index (χ4n) is 3.62. The van der Waals surface area contributed by atoms with Crippen molar-refractivity contribution in [1.29, 1.82) is 0 Å². The molecule has 2 aromatic rings. The van der Waals surface area contributed by atoms with E-state index in [9.17, 15) is 8.78 Å². The van der Waals surface area contributed by atoms with Crippen molar-refractivity contribution in [1.82, 2.24) is 4.98 Å². The van der Waals surface area contributed by atoms with Crippen molar-refractivity contribution >= 4 is 11.6 Å². The van der Waals surface area contributed by atoms with E-state index < -0.39 is 16.7 Å². The summed E-state index contributed by atoms with van der Waals surface area (Å²) in [6, 6.07) is 5.95. The van der Waals surface area contributed by atoms with Crippen LogP contribution in [-0.2, 0) is 0 Å². The summed E-state index contributed by atoms with van der Waals surface area (Å²) in [5, 5.41) is -0.495. The molecule has 0 amide bonds. The van der Waals surface area contributed by atoms with Crippen molar-refractivity contribution in [3.05, 3.63) is 52.7 Å². The first-order valence-corrected chi connectivity index (χ1v) is 10.1. The van der Waals surface area contributed by atoms with Crippen LogP contribution in [0.2, 0.25) is 5.02 Å². The van der Waals surface area contributed by atoms with E-state index in [-0.39, 0.29) is 0 Å². The van der Waals surface area contributed by atoms with Gasteiger partial charge >= 0.3 is 0 Å². The number of aromatic nitrogens is 1. The molecule has 1 nitrogen and oxygen atoms in total. The van der Waals surface area contributed by atoms with E-state index >= 15 is 0 Å². The highest BCUT2D eigenvalue weighted by Crippen LogP contribution is 2.31. The van der Waals surface area contributed by atoms with Crippen molar-refractivity contribution in [3.63, 3.8) is 0 Å². The van der Waals surface area contributed by atoms with E-state index in [1.165, 1.54) is 57.1 Å². The summed E-state index contributed by atoms with van der Waals surface area (Å²) >= 11 is 5.52. The number of halogens is 3. The second-order valence-electron chi connectivity index (χ2n) is 7.32. The van der Waals surface area contributed by atoms with Gasteiger partial charge in [-0.1, -0.05) is 49.6 Å². The summed E-state index contributed by atoms with van der Waals surface area (Å²) in [6.07, 6.45) is 10.5. The predicted molar refractivity (Wildman–Crippen MR) is 106 cm³/mol. The van der Waals surface area contributed by atoms with E-state index in [2.05, 4.69) is 23.7 Å². The van der Waals surface area contributed by atoms with Crippen LogP contribution in [0, 0.1) is 35.3 Å². The molecular weight excluding hydrogens is 364 g/mol. The minimum absolute atomic E-state index is 0.360. The van der Waals surface area contributed by atoms with Gasteiger partial charge in [0, 0.05) is 23.2 Å². The van der Waals surface area contributed by atoms with Crippen LogP contribution in [0.15, 0.2) is 30.5 Å². The van der Waals surface area contributed by atoms with E-state index in [4.69, 9.17) is 11.6 Å². The fourth-order valence-corrected chi connectivity index (χ4v) is 3.72.